The average Bonchev–Trinajstić information content (AvgIpc) is 3.50. The van der Waals surface area contributed by atoms with Crippen molar-refractivity contribution in [2.24, 2.45) is 0 Å². The summed E-state index contributed by atoms with van der Waals surface area (Å²) in [5.41, 5.74) is -2.03. The first-order chi connectivity index (χ1) is 15.1. The molecule has 0 N–H and O–H groups in total. The van der Waals surface area contributed by atoms with Crippen molar-refractivity contribution in [3.63, 3.8) is 0 Å². The van der Waals surface area contributed by atoms with E-state index in [-0.39, 0.29) is 17.9 Å². The molecule has 2 unspecified atom stereocenters. The van der Waals surface area contributed by atoms with Gasteiger partial charge in [0.25, 0.3) is 11.8 Å². The fourth-order valence-electron chi connectivity index (χ4n) is 4.75. The van der Waals surface area contributed by atoms with Crippen molar-refractivity contribution >= 4 is 23.5 Å². The number of carbonyl (C=O) groups is 3. The minimum atomic E-state index is -4.83. The van der Waals surface area contributed by atoms with Gasteiger partial charge in [0, 0.05) is 12.6 Å². The van der Waals surface area contributed by atoms with Gasteiger partial charge in [-0.05, 0) is 31.5 Å². The summed E-state index contributed by atoms with van der Waals surface area (Å²) in [6, 6.07) is 2.82. The molecule has 4 heterocycles. The normalized spacial score (nSPS) is 24.3. The second kappa shape index (κ2) is 6.56. The molecule has 164 valence electrons. The number of halogens is 3. The molecule has 1 aromatic carbocycles. The number of aromatic nitrogens is 1. The number of likely N-dealkylation sites (tertiary alicyclic amines) is 1. The van der Waals surface area contributed by atoms with Crippen LogP contribution in [0.4, 0.5) is 23.7 Å². The first kappa shape index (κ1) is 20.0. The van der Waals surface area contributed by atoms with E-state index in [2.05, 4.69) is 5.16 Å². The van der Waals surface area contributed by atoms with Gasteiger partial charge in [0.15, 0.2) is 5.69 Å². The molecule has 0 aliphatic carbocycles. The molecule has 0 radical (unpaired) electrons. The molecule has 0 spiro atoms. The number of aryl methyl sites for hydroxylation is 1. The number of amides is 4. The first-order valence-electron chi connectivity index (χ1n) is 9.63. The van der Waals surface area contributed by atoms with Crippen LogP contribution >= 0.6 is 0 Å². The summed E-state index contributed by atoms with van der Waals surface area (Å²) in [6.45, 7) is 1.81. The van der Waals surface area contributed by atoms with E-state index in [4.69, 9.17) is 9.78 Å². The summed E-state index contributed by atoms with van der Waals surface area (Å²) >= 11 is 0. The summed E-state index contributed by atoms with van der Waals surface area (Å²) in [4.78, 5) is 42.5. The van der Waals surface area contributed by atoms with Crippen molar-refractivity contribution in [2.75, 3.05) is 11.4 Å². The molecular formula is C20H14F3N5O4. The zero-order valence-corrected chi connectivity index (χ0v) is 16.5. The van der Waals surface area contributed by atoms with Crippen molar-refractivity contribution in [3.05, 3.63) is 46.8 Å². The standard InChI is InChI=1S/C20H14F3N5O4/c1-9-4-14(25-32-9)17(29)26-8-12-6-15(26)16-18(30)28(19(31)27(12)16)11-3-2-10(7-24)13(5-11)20(21,22)23/h2-5,12,15-16H,6,8H2,1H3/t12?,15?,16-/m0/s1. The summed E-state index contributed by atoms with van der Waals surface area (Å²) in [6.07, 6.45) is -4.44. The third kappa shape index (κ3) is 2.70. The van der Waals surface area contributed by atoms with Crippen LogP contribution in [0.15, 0.2) is 28.8 Å². The van der Waals surface area contributed by atoms with E-state index in [0.29, 0.717) is 23.1 Å². The van der Waals surface area contributed by atoms with Gasteiger partial charge in [-0.25, -0.2) is 9.69 Å². The Hall–Kier alpha value is -3.88. The number of nitriles is 1. The SMILES string of the molecule is Cc1cc(C(=O)N2CC3CC2[C@H]2C(=O)N(c4ccc(C#N)c(C(F)(F)F)c4)C(=O)N32)no1. The van der Waals surface area contributed by atoms with Crippen molar-refractivity contribution in [3.8, 4) is 6.07 Å². The lowest BCUT2D eigenvalue weighted by molar-refractivity contribution is -0.137. The third-order valence-electron chi connectivity index (χ3n) is 6.06. The lowest BCUT2D eigenvalue weighted by Gasteiger charge is -2.34. The molecule has 3 saturated heterocycles. The highest BCUT2D eigenvalue weighted by Gasteiger charge is 2.63. The van der Waals surface area contributed by atoms with Crippen LogP contribution in [-0.4, -0.2) is 57.5 Å². The van der Waals surface area contributed by atoms with E-state index >= 15 is 0 Å². The number of hydrogen-bond acceptors (Lipinski definition) is 6. The van der Waals surface area contributed by atoms with Gasteiger partial charge in [-0.1, -0.05) is 5.16 Å². The highest BCUT2D eigenvalue weighted by Crippen LogP contribution is 2.43. The Morgan fingerprint density at radius 3 is 2.66 bits per heavy atom. The number of carbonyl (C=O) groups excluding carboxylic acids is 3. The van der Waals surface area contributed by atoms with Crippen LogP contribution in [0.1, 0.15) is 33.8 Å². The third-order valence-corrected chi connectivity index (χ3v) is 6.06. The van der Waals surface area contributed by atoms with Crippen LogP contribution < -0.4 is 4.90 Å². The predicted molar refractivity (Wildman–Crippen MR) is 99.1 cm³/mol. The monoisotopic (exact) mass is 445 g/mol. The van der Waals surface area contributed by atoms with Gasteiger partial charge < -0.3 is 14.3 Å². The Morgan fingerprint density at radius 1 is 1.28 bits per heavy atom. The molecule has 0 saturated carbocycles. The van der Waals surface area contributed by atoms with Gasteiger partial charge >= 0.3 is 12.2 Å². The number of anilines is 1. The molecule has 32 heavy (non-hydrogen) atoms. The highest BCUT2D eigenvalue weighted by molar-refractivity contribution is 6.22. The molecule has 3 atom stereocenters. The quantitative estimate of drug-likeness (QED) is 0.656. The number of rotatable bonds is 2. The molecular weight excluding hydrogens is 431 g/mol. The van der Waals surface area contributed by atoms with E-state index in [1.807, 2.05) is 0 Å². The summed E-state index contributed by atoms with van der Waals surface area (Å²) in [5, 5.41) is 12.7. The van der Waals surface area contributed by atoms with Gasteiger partial charge in [-0.2, -0.15) is 18.4 Å². The number of benzene rings is 1. The molecule has 9 nitrogen and oxygen atoms in total. The number of urea groups is 1. The fourth-order valence-corrected chi connectivity index (χ4v) is 4.75. The topological polar surface area (TPSA) is 111 Å². The zero-order valence-electron chi connectivity index (χ0n) is 16.5. The average molecular weight is 445 g/mol. The maximum absolute atomic E-state index is 13.4. The molecule has 12 heteroatoms. The molecule has 3 aliphatic rings. The summed E-state index contributed by atoms with van der Waals surface area (Å²) in [7, 11) is 0. The molecule has 3 fully saturated rings. The molecule has 2 aromatic rings. The Balaban J connectivity index is 1.47. The predicted octanol–water partition coefficient (Wildman–Crippen LogP) is 2.31. The number of hydrogen-bond donors (Lipinski definition) is 0. The highest BCUT2D eigenvalue weighted by atomic mass is 19.4. The van der Waals surface area contributed by atoms with Gasteiger partial charge in [-0.3, -0.25) is 9.59 Å². The van der Waals surface area contributed by atoms with Crippen LogP contribution in [0.5, 0.6) is 0 Å². The molecule has 3 aliphatic heterocycles. The lowest BCUT2D eigenvalue weighted by Crippen LogP contribution is -2.54. The summed E-state index contributed by atoms with van der Waals surface area (Å²) in [5.74, 6) is -0.710. The minimum Gasteiger partial charge on any atom is -0.361 e. The second-order valence-electron chi connectivity index (χ2n) is 7.88. The van der Waals surface area contributed by atoms with Crippen LogP contribution in [0.2, 0.25) is 0 Å². The van der Waals surface area contributed by atoms with Crippen LogP contribution in [-0.2, 0) is 11.0 Å². The maximum Gasteiger partial charge on any atom is 0.417 e. The number of piperazine rings is 1. The summed E-state index contributed by atoms with van der Waals surface area (Å²) < 4.78 is 45.0. The molecule has 5 rings (SSSR count). The first-order valence-corrected chi connectivity index (χ1v) is 9.63. The Bertz CT molecular complexity index is 1220. The van der Waals surface area contributed by atoms with Crippen LogP contribution in [0.3, 0.4) is 0 Å². The van der Waals surface area contributed by atoms with Crippen molar-refractivity contribution in [2.45, 2.75) is 37.6 Å². The van der Waals surface area contributed by atoms with Gasteiger partial charge in [0.2, 0.25) is 0 Å². The number of fused-ring (bicyclic) bond motifs is 5. The molecule has 4 amide bonds. The van der Waals surface area contributed by atoms with Crippen LogP contribution in [0, 0.1) is 18.3 Å². The van der Waals surface area contributed by atoms with E-state index in [0.717, 1.165) is 12.1 Å². The van der Waals surface area contributed by atoms with E-state index in [1.54, 1.807) is 6.92 Å². The fraction of sp³-hybridized carbons (Fsp3) is 0.350. The van der Waals surface area contributed by atoms with Gasteiger partial charge in [0.1, 0.15) is 11.8 Å². The van der Waals surface area contributed by atoms with Gasteiger partial charge in [-0.15, -0.1) is 0 Å². The van der Waals surface area contributed by atoms with Crippen molar-refractivity contribution in [1.82, 2.24) is 15.0 Å². The molecule has 1 aromatic heterocycles. The van der Waals surface area contributed by atoms with Gasteiger partial charge in [0.05, 0.1) is 35.0 Å². The van der Waals surface area contributed by atoms with Crippen molar-refractivity contribution < 1.29 is 32.1 Å². The van der Waals surface area contributed by atoms with E-state index in [9.17, 15) is 27.6 Å². The number of nitrogens with zero attached hydrogens (tertiary/aromatic N) is 5. The largest absolute Gasteiger partial charge is 0.417 e. The zero-order chi connectivity index (χ0) is 22.9. The lowest BCUT2D eigenvalue weighted by atomic mass is 10.1. The second-order valence-corrected chi connectivity index (χ2v) is 7.88. The smallest absolute Gasteiger partial charge is 0.361 e. The number of imide groups is 1. The van der Waals surface area contributed by atoms with E-state index in [1.165, 1.54) is 21.9 Å². The van der Waals surface area contributed by atoms with Crippen molar-refractivity contribution in [1.29, 1.82) is 5.26 Å². The number of alkyl halides is 3. The minimum absolute atomic E-state index is 0.0807. The van der Waals surface area contributed by atoms with E-state index < -0.39 is 53.3 Å². The Kier molecular flexibility index (Phi) is 4.11. The molecule has 2 bridgehead atoms. The Labute approximate surface area is 178 Å². The van der Waals surface area contributed by atoms with Crippen LogP contribution in [0.25, 0.3) is 0 Å². The Morgan fingerprint density at radius 2 is 2.03 bits per heavy atom. The maximum atomic E-state index is 13.4.